The Morgan fingerprint density at radius 2 is 2.39 bits per heavy atom. The van der Waals surface area contributed by atoms with Gasteiger partial charge in [0.2, 0.25) is 5.16 Å². The van der Waals surface area contributed by atoms with Gasteiger partial charge >= 0.3 is 5.97 Å². The van der Waals surface area contributed by atoms with Crippen molar-refractivity contribution in [1.29, 1.82) is 0 Å². The molecule has 0 fully saturated rings. The van der Waals surface area contributed by atoms with Crippen LogP contribution in [0.25, 0.3) is 0 Å². The molecule has 94 valence electrons. The first-order valence-corrected chi connectivity index (χ1v) is 6.14. The smallest absolute Gasteiger partial charge is 0.337 e. The zero-order valence-electron chi connectivity index (χ0n) is 9.74. The van der Waals surface area contributed by atoms with Gasteiger partial charge in [0, 0.05) is 5.75 Å². The Hall–Kier alpha value is -2.02. The zero-order valence-corrected chi connectivity index (χ0v) is 10.6. The van der Waals surface area contributed by atoms with Crippen molar-refractivity contribution in [2.24, 2.45) is 0 Å². The number of thioether (sulfide) groups is 1. The lowest BCUT2D eigenvalue weighted by Crippen LogP contribution is -2.07. The van der Waals surface area contributed by atoms with Crippen LogP contribution in [0.2, 0.25) is 0 Å². The molecule has 0 atom stereocenters. The van der Waals surface area contributed by atoms with Crippen LogP contribution in [0.1, 0.15) is 15.9 Å². The van der Waals surface area contributed by atoms with Crippen LogP contribution in [-0.2, 0) is 10.5 Å². The molecule has 0 aliphatic carbocycles. The van der Waals surface area contributed by atoms with E-state index >= 15 is 0 Å². The molecular weight excluding hydrogens is 252 g/mol. The third-order valence-electron chi connectivity index (χ3n) is 2.26. The third-order valence-corrected chi connectivity index (χ3v) is 3.28. The van der Waals surface area contributed by atoms with Crippen molar-refractivity contribution in [2.45, 2.75) is 10.9 Å². The number of nitrogens with two attached hydrogens (primary N) is 1. The van der Waals surface area contributed by atoms with Gasteiger partial charge in [0.05, 0.1) is 12.7 Å². The van der Waals surface area contributed by atoms with Gasteiger partial charge in [-0.25, -0.2) is 9.47 Å². The van der Waals surface area contributed by atoms with Gasteiger partial charge in [-0.3, -0.25) is 0 Å². The van der Waals surface area contributed by atoms with Gasteiger partial charge in [-0.05, 0) is 17.7 Å². The van der Waals surface area contributed by atoms with Crippen LogP contribution >= 0.6 is 11.8 Å². The first-order chi connectivity index (χ1) is 8.70. The Bertz CT molecular complexity index is 555. The van der Waals surface area contributed by atoms with E-state index in [1.807, 2.05) is 12.1 Å². The molecule has 0 spiro atoms. The molecule has 2 N–H and O–H groups in total. The summed E-state index contributed by atoms with van der Waals surface area (Å²) >= 11 is 1.45. The van der Waals surface area contributed by atoms with Crippen LogP contribution in [0.3, 0.4) is 0 Å². The van der Waals surface area contributed by atoms with Gasteiger partial charge in [-0.1, -0.05) is 23.9 Å². The minimum atomic E-state index is -0.344. The number of hydrogen-bond donors (Lipinski definition) is 1. The van der Waals surface area contributed by atoms with Crippen LogP contribution in [0.4, 0.5) is 0 Å². The van der Waals surface area contributed by atoms with Gasteiger partial charge in [-0.2, -0.15) is 0 Å². The Morgan fingerprint density at radius 1 is 1.56 bits per heavy atom. The molecule has 1 aromatic carbocycles. The number of carbonyl (C=O) groups excluding carboxylic acids is 1. The van der Waals surface area contributed by atoms with Gasteiger partial charge < -0.3 is 10.6 Å². The highest BCUT2D eigenvalue weighted by Crippen LogP contribution is 2.20. The minimum absolute atomic E-state index is 0.344. The molecular formula is C11H12N4O2S. The monoisotopic (exact) mass is 264 g/mol. The fourth-order valence-electron chi connectivity index (χ4n) is 1.39. The number of rotatable bonds is 4. The summed E-state index contributed by atoms with van der Waals surface area (Å²) in [7, 11) is 1.36. The summed E-state index contributed by atoms with van der Waals surface area (Å²) in [6.45, 7) is 0. The van der Waals surface area contributed by atoms with E-state index in [4.69, 9.17) is 5.84 Å². The number of nitrogens with zero attached hydrogens (tertiary/aromatic N) is 3. The molecule has 18 heavy (non-hydrogen) atoms. The number of nitrogen functional groups attached to an aromatic ring is 1. The van der Waals surface area contributed by atoms with E-state index in [-0.39, 0.29) is 5.97 Å². The van der Waals surface area contributed by atoms with E-state index < -0.39 is 0 Å². The van der Waals surface area contributed by atoms with E-state index in [2.05, 4.69) is 14.9 Å². The molecule has 0 unspecified atom stereocenters. The zero-order chi connectivity index (χ0) is 13.0. The summed E-state index contributed by atoms with van der Waals surface area (Å²) in [6, 6.07) is 7.24. The summed E-state index contributed by atoms with van der Waals surface area (Å²) < 4.78 is 6.02. The number of esters is 1. The molecule has 2 rings (SSSR count). The maximum Gasteiger partial charge on any atom is 0.337 e. The lowest BCUT2D eigenvalue weighted by atomic mass is 10.1. The maximum absolute atomic E-state index is 11.4. The summed E-state index contributed by atoms with van der Waals surface area (Å²) in [5.41, 5.74) is 1.52. The van der Waals surface area contributed by atoms with Crippen molar-refractivity contribution in [1.82, 2.24) is 14.9 Å². The highest BCUT2D eigenvalue weighted by molar-refractivity contribution is 7.98. The molecule has 0 amide bonds. The molecule has 1 aromatic heterocycles. The largest absolute Gasteiger partial charge is 0.465 e. The molecule has 1 heterocycles. The van der Waals surface area contributed by atoms with Gasteiger partial charge in [-0.15, -0.1) is 10.2 Å². The molecule has 0 saturated heterocycles. The van der Waals surface area contributed by atoms with Crippen molar-refractivity contribution in [3.8, 4) is 0 Å². The number of methoxy groups -OCH3 is 1. The van der Waals surface area contributed by atoms with E-state index in [1.165, 1.54) is 29.9 Å². The third kappa shape index (κ3) is 2.80. The molecule has 2 aromatic rings. The van der Waals surface area contributed by atoms with Crippen LogP contribution in [0.15, 0.2) is 35.7 Å². The second-order valence-electron chi connectivity index (χ2n) is 3.50. The first-order valence-electron chi connectivity index (χ1n) is 5.16. The predicted molar refractivity (Wildman–Crippen MR) is 67.5 cm³/mol. The molecule has 6 nitrogen and oxygen atoms in total. The molecule has 0 saturated carbocycles. The highest BCUT2D eigenvalue weighted by atomic mass is 32.2. The molecule has 7 heteroatoms. The Kier molecular flexibility index (Phi) is 3.83. The Labute approximate surface area is 108 Å². The molecule has 0 radical (unpaired) electrons. The second-order valence-corrected chi connectivity index (χ2v) is 4.44. The van der Waals surface area contributed by atoms with E-state index in [0.717, 1.165) is 5.56 Å². The van der Waals surface area contributed by atoms with E-state index in [9.17, 15) is 4.79 Å². The lowest BCUT2D eigenvalue weighted by molar-refractivity contribution is 0.0600. The molecule has 0 aliphatic heterocycles. The van der Waals surface area contributed by atoms with Crippen LogP contribution in [0, 0.1) is 0 Å². The van der Waals surface area contributed by atoms with Crippen molar-refractivity contribution in [3.63, 3.8) is 0 Å². The summed E-state index contributed by atoms with van der Waals surface area (Å²) in [4.78, 5) is 11.4. The van der Waals surface area contributed by atoms with Crippen molar-refractivity contribution in [2.75, 3.05) is 13.0 Å². The van der Waals surface area contributed by atoms with Crippen LogP contribution in [0.5, 0.6) is 0 Å². The van der Waals surface area contributed by atoms with Gasteiger partial charge in [0.1, 0.15) is 6.33 Å². The predicted octanol–water partition coefficient (Wildman–Crippen LogP) is 1.07. The summed E-state index contributed by atoms with van der Waals surface area (Å²) in [6.07, 6.45) is 1.44. The standard InChI is InChI=1S/C11H12N4O2S/c1-17-10(16)9-4-2-3-8(5-9)6-18-11-14-13-7-15(11)12/h2-5,7H,6,12H2,1H3. The van der Waals surface area contributed by atoms with Crippen LogP contribution in [-0.4, -0.2) is 28.0 Å². The van der Waals surface area contributed by atoms with Gasteiger partial charge in [0.15, 0.2) is 0 Å². The Balaban J connectivity index is 2.06. The molecule has 0 bridgehead atoms. The number of hydrogen-bond acceptors (Lipinski definition) is 6. The van der Waals surface area contributed by atoms with Crippen LogP contribution < -0.4 is 5.84 Å². The number of aromatic nitrogens is 3. The minimum Gasteiger partial charge on any atom is -0.465 e. The number of carbonyl (C=O) groups is 1. The number of ether oxygens (including phenoxy) is 1. The first kappa shape index (κ1) is 12.4. The van der Waals surface area contributed by atoms with E-state index in [0.29, 0.717) is 16.5 Å². The topological polar surface area (TPSA) is 83.0 Å². The number of benzene rings is 1. The fraction of sp³-hybridized carbons (Fsp3) is 0.182. The van der Waals surface area contributed by atoms with Gasteiger partial charge in [0.25, 0.3) is 0 Å². The second kappa shape index (κ2) is 5.54. The lowest BCUT2D eigenvalue weighted by Gasteiger charge is -2.03. The average Bonchev–Trinajstić information content (AvgIpc) is 2.81. The highest BCUT2D eigenvalue weighted by Gasteiger charge is 2.07. The quantitative estimate of drug-likeness (QED) is 0.505. The van der Waals surface area contributed by atoms with Crippen molar-refractivity contribution < 1.29 is 9.53 Å². The SMILES string of the molecule is COC(=O)c1cccc(CSc2nncn2N)c1. The summed E-state index contributed by atoms with van der Waals surface area (Å²) in [5, 5.41) is 8.17. The average molecular weight is 264 g/mol. The van der Waals surface area contributed by atoms with Crippen molar-refractivity contribution in [3.05, 3.63) is 41.7 Å². The van der Waals surface area contributed by atoms with E-state index in [1.54, 1.807) is 12.1 Å². The van der Waals surface area contributed by atoms with Crippen molar-refractivity contribution >= 4 is 17.7 Å². The fourth-order valence-corrected chi connectivity index (χ4v) is 2.17. The summed E-state index contributed by atoms with van der Waals surface area (Å²) in [5.74, 6) is 5.91. The maximum atomic E-state index is 11.4. The Morgan fingerprint density at radius 3 is 3.06 bits per heavy atom. The normalized spacial score (nSPS) is 10.3. The molecule has 0 aliphatic rings.